The highest BCUT2D eigenvalue weighted by molar-refractivity contribution is 5.72. The first-order chi connectivity index (χ1) is 17.3. The molecule has 1 aliphatic heterocycles. The molecule has 2 unspecified atom stereocenters. The number of hydrogen-bond donors (Lipinski definition) is 1. The summed E-state index contributed by atoms with van der Waals surface area (Å²) in [5.74, 6) is -1.99. The minimum Gasteiger partial charge on any atom is -0.458 e. The van der Waals surface area contributed by atoms with E-state index in [0.717, 1.165) is 5.57 Å². The fraction of sp³-hybridized carbons (Fsp3) is 0.690. The number of carbonyl (C=O) groups is 3. The lowest BCUT2D eigenvalue weighted by atomic mass is 9.45. The molecule has 3 rings (SSSR count). The molecule has 37 heavy (non-hydrogen) atoms. The van der Waals surface area contributed by atoms with Crippen molar-refractivity contribution in [2.75, 3.05) is 0 Å². The van der Waals surface area contributed by atoms with Gasteiger partial charge >= 0.3 is 17.9 Å². The molecule has 8 heteroatoms. The van der Waals surface area contributed by atoms with E-state index in [9.17, 15) is 19.5 Å². The van der Waals surface area contributed by atoms with Gasteiger partial charge in [0.1, 0.15) is 6.10 Å². The van der Waals surface area contributed by atoms with Gasteiger partial charge in [0, 0.05) is 19.4 Å². The van der Waals surface area contributed by atoms with Crippen LogP contribution in [0, 0.1) is 28.6 Å². The Bertz CT molecular complexity index is 982. The predicted octanol–water partition coefficient (Wildman–Crippen LogP) is 4.62. The number of hydrogen-bond acceptors (Lipinski definition) is 8. The lowest BCUT2D eigenvalue weighted by Crippen LogP contribution is -2.63. The van der Waals surface area contributed by atoms with Gasteiger partial charge in [-0.25, -0.2) is 0 Å². The van der Waals surface area contributed by atoms with Crippen molar-refractivity contribution in [2.45, 2.75) is 98.9 Å². The van der Waals surface area contributed by atoms with E-state index >= 15 is 0 Å². The standard InChI is InChI=1S/C29H42O8/c1-9-16(3)11-12-28(8)18(5)13-24(32)29-22(26(34-19(6)30)37-27(29)35-20(7)31)14-21(15-23(28)29)36-25(33)17(4)10-2/h9,11,14,17-18,21,23-24,26-27,32H,1,10,12-13,15H2,2-8H3/b16-11+/t17?,18-,21+,23+,24+,26+,27-,28-,29?/m0/s1. The Labute approximate surface area is 220 Å². The molecule has 3 aliphatic rings. The summed E-state index contributed by atoms with van der Waals surface area (Å²) >= 11 is 0. The fourth-order valence-electron chi connectivity index (χ4n) is 6.30. The van der Waals surface area contributed by atoms with Gasteiger partial charge in [0.25, 0.3) is 0 Å². The van der Waals surface area contributed by atoms with Crippen LogP contribution in [0.5, 0.6) is 0 Å². The number of aliphatic hydroxyl groups is 1. The number of aliphatic hydroxyl groups excluding tert-OH is 1. The average molecular weight is 519 g/mol. The van der Waals surface area contributed by atoms with Gasteiger partial charge in [0.05, 0.1) is 17.4 Å². The molecule has 0 amide bonds. The number of carbonyl (C=O) groups excluding carboxylic acids is 3. The molecule has 0 aromatic heterocycles. The molecule has 206 valence electrons. The molecule has 1 heterocycles. The lowest BCUT2D eigenvalue weighted by Gasteiger charge is -2.60. The van der Waals surface area contributed by atoms with Crippen molar-refractivity contribution in [1.29, 1.82) is 0 Å². The second-order valence-corrected chi connectivity index (χ2v) is 11.2. The maximum atomic E-state index is 12.8. The number of allylic oxidation sites excluding steroid dienone is 3. The topological polar surface area (TPSA) is 108 Å². The molecule has 0 aromatic carbocycles. The van der Waals surface area contributed by atoms with Crippen LogP contribution < -0.4 is 0 Å². The molecule has 0 bridgehead atoms. The third-order valence-corrected chi connectivity index (χ3v) is 8.87. The van der Waals surface area contributed by atoms with E-state index in [-0.39, 0.29) is 23.7 Å². The molecule has 1 N–H and O–H groups in total. The van der Waals surface area contributed by atoms with Crippen LogP contribution in [0.25, 0.3) is 0 Å². The van der Waals surface area contributed by atoms with Gasteiger partial charge in [-0.05, 0) is 55.9 Å². The van der Waals surface area contributed by atoms with Crippen molar-refractivity contribution in [3.8, 4) is 0 Å². The normalized spacial score (nSPS) is 37.9. The van der Waals surface area contributed by atoms with Crippen molar-refractivity contribution in [3.63, 3.8) is 0 Å². The van der Waals surface area contributed by atoms with E-state index in [2.05, 4.69) is 26.5 Å². The van der Waals surface area contributed by atoms with Gasteiger partial charge in [0.2, 0.25) is 12.6 Å². The molecule has 1 saturated heterocycles. The Morgan fingerprint density at radius 2 is 1.84 bits per heavy atom. The van der Waals surface area contributed by atoms with Gasteiger partial charge in [-0.15, -0.1) is 0 Å². The third kappa shape index (κ3) is 5.28. The van der Waals surface area contributed by atoms with E-state index in [0.29, 0.717) is 31.3 Å². The maximum absolute atomic E-state index is 12.8. The first-order valence-electron chi connectivity index (χ1n) is 13.2. The molecule has 2 fully saturated rings. The first kappa shape index (κ1) is 29.1. The monoisotopic (exact) mass is 518 g/mol. The zero-order valence-electron chi connectivity index (χ0n) is 23.1. The van der Waals surface area contributed by atoms with Gasteiger partial charge < -0.3 is 19.3 Å². The summed E-state index contributed by atoms with van der Waals surface area (Å²) in [6, 6.07) is 0. The second-order valence-electron chi connectivity index (χ2n) is 11.2. The van der Waals surface area contributed by atoms with Gasteiger partial charge in [-0.2, -0.15) is 0 Å². The molecule has 0 aromatic rings. The van der Waals surface area contributed by atoms with Gasteiger partial charge in [-0.3, -0.25) is 19.1 Å². The summed E-state index contributed by atoms with van der Waals surface area (Å²) < 4.78 is 23.2. The van der Waals surface area contributed by atoms with Crippen LogP contribution in [-0.2, 0) is 33.3 Å². The largest absolute Gasteiger partial charge is 0.458 e. The maximum Gasteiger partial charge on any atom is 0.309 e. The Kier molecular flexibility index (Phi) is 8.75. The first-order valence-corrected chi connectivity index (χ1v) is 13.2. The van der Waals surface area contributed by atoms with Crippen molar-refractivity contribution in [1.82, 2.24) is 0 Å². The van der Waals surface area contributed by atoms with Crippen LogP contribution in [0.3, 0.4) is 0 Å². The average Bonchev–Trinajstić information content (AvgIpc) is 3.12. The Morgan fingerprint density at radius 1 is 1.19 bits per heavy atom. The van der Waals surface area contributed by atoms with Gasteiger partial charge in [0.15, 0.2) is 0 Å². The van der Waals surface area contributed by atoms with E-state index in [1.165, 1.54) is 13.8 Å². The van der Waals surface area contributed by atoms with Crippen molar-refractivity contribution in [2.24, 2.45) is 28.6 Å². The SMILES string of the molecule is C=C/C(C)=C/C[C@@]1(C)[C@@H](C)C[C@@H](O)C23C(=C[C@@H](OC(=O)C(C)CC)C[C@@H]21)[C@H](OC(C)=O)O[C@@H]3OC(C)=O. The molecule has 9 atom stereocenters. The zero-order valence-corrected chi connectivity index (χ0v) is 23.1. The van der Waals surface area contributed by atoms with Crippen LogP contribution in [0.2, 0.25) is 0 Å². The Balaban J connectivity index is 2.21. The lowest BCUT2D eigenvalue weighted by molar-refractivity contribution is -0.254. The summed E-state index contributed by atoms with van der Waals surface area (Å²) in [4.78, 5) is 37.0. The molecule has 1 spiro atoms. The van der Waals surface area contributed by atoms with E-state index < -0.39 is 47.6 Å². The fourth-order valence-corrected chi connectivity index (χ4v) is 6.30. The van der Waals surface area contributed by atoms with Crippen LogP contribution in [-0.4, -0.2) is 47.8 Å². The second kappa shape index (κ2) is 11.1. The molecule has 8 nitrogen and oxygen atoms in total. The highest BCUT2D eigenvalue weighted by Crippen LogP contribution is 2.67. The van der Waals surface area contributed by atoms with Crippen LogP contribution in [0.15, 0.2) is 36.0 Å². The highest BCUT2D eigenvalue weighted by atomic mass is 16.8. The summed E-state index contributed by atoms with van der Waals surface area (Å²) in [5.41, 5.74) is -0.0572. The van der Waals surface area contributed by atoms with Gasteiger partial charge in [-0.1, -0.05) is 52.0 Å². The molecule has 0 radical (unpaired) electrons. The minimum atomic E-state index is -1.17. The van der Waals surface area contributed by atoms with Crippen molar-refractivity contribution in [3.05, 3.63) is 36.0 Å². The highest BCUT2D eigenvalue weighted by Gasteiger charge is 2.71. The quantitative estimate of drug-likeness (QED) is 0.215. The predicted molar refractivity (Wildman–Crippen MR) is 137 cm³/mol. The number of esters is 3. The Hall–Kier alpha value is -2.45. The molecular formula is C29H42O8. The third-order valence-electron chi connectivity index (χ3n) is 8.87. The number of ether oxygens (including phenoxy) is 4. The molecule has 1 saturated carbocycles. The summed E-state index contributed by atoms with van der Waals surface area (Å²) in [5, 5.41) is 11.7. The van der Waals surface area contributed by atoms with E-state index in [1.54, 1.807) is 12.2 Å². The minimum absolute atomic E-state index is 0.0722. The summed E-state index contributed by atoms with van der Waals surface area (Å²) in [6.45, 7) is 16.4. The zero-order chi connectivity index (χ0) is 27.7. The molecule has 2 aliphatic carbocycles. The summed E-state index contributed by atoms with van der Waals surface area (Å²) in [6.07, 6.45) is 3.89. The van der Waals surface area contributed by atoms with E-state index in [1.807, 2.05) is 20.8 Å². The van der Waals surface area contributed by atoms with Crippen LogP contribution >= 0.6 is 0 Å². The van der Waals surface area contributed by atoms with Crippen LogP contribution in [0.1, 0.15) is 74.1 Å². The van der Waals surface area contributed by atoms with Crippen LogP contribution in [0.4, 0.5) is 0 Å². The van der Waals surface area contributed by atoms with E-state index in [4.69, 9.17) is 18.9 Å². The summed E-state index contributed by atoms with van der Waals surface area (Å²) in [7, 11) is 0. The van der Waals surface area contributed by atoms with Crippen molar-refractivity contribution < 1.29 is 38.4 Å². The molecular weight excluding hydrogens is 476 g/mol. The number of rotatable bonds is 8. The smallest absolute Gasteiger partial charge is 0.309 e. The van der Waals surface area contributed by atoms with Crippen molar-refractivity contribution >= 4 is 17.9 Å². The Morgan fingerprint density at radius 3 is 2.41 bits per heavy atom.